The van der Waals surface area contributed by atoms with Crippen LogP contribution < -0.4 is 5.43 Å². The second kappa shape index (κ2) is 7.71. The topological polar surface area (TPSA) is 84.6 Å². The van der Waals surface area contributed by atoms with E-state index in [9.17, 15) is 14.9 Å². The third-order valence-corrected chi connectivity index (χ3v) is 3.46. The largest absolute Gasteiger partial charge is 0.273 e. The van der Waals surface area contributed by atoms with Gasteiger partial charge in [-0.1, -0.05) is 47.5 Å². The first-order valence-electron chi connectivity index (χ1n) is 6.46. The molecule has 0 bridgehead atoms. The minimum atomic E-state index is -0.528. The summed E-state index contributed by atoms with van der Waals surface area (Å²) < 4.78 is 0. The van der Waals surface area contributed by atoms with Gasteiger partial charge in [0.2, 0.25) is 5.91 Å². The average Bonchev–Trinajstić information content (AvgIpc) is 2.50. The van der Waals surface area contributed by atoms with E-state index in [-0.39, 0.29) is 12.1 Å². The molecular weight excluding hydrogens is 341 g/mol. The number of carbonyl (C=O) groups excluding carboxylic acids is 1. The van der Waals surface area contributed by atoms with E-state index in [0.29, 0.717) is 21.2 Å². The molecule has 0 unspecified atom stereocenters. The molecule has 0 aliphatic carbocycles. The molecule has 0 radical (unpaired) electrons. The SMILES string of the molecule is O=C(Cc1ccccc1[N+](=O)[O-])N/N=C/c1ccc(Cl)cc1Cl. The number of hydrogen-bond donors (Lipinski definition) is 1. The first-order valence-corrected chi connectivity index (χ1v) is 7.22. The molecule has 0 fully saturated rings. The first kappa shape index (κ1) is 16.9. The number of nitro benzene ring substituents is 1. The van der Waals surface area contributed by atoms with Crippen LogP contribution in [0.2, 0.25) is 10.0 Å². The summed E-state index contributed by atoms with van der Waals surface area (Å²) in [6.07, 6.45) is 1.22. The highest BCUT2D eigenvalue weighted by molar-refractivity contribution is 6.36. The second-order valence-corrected chi connectivity index (χ2v) is 5.37. The molecule has 2 aromatic rings. The van der Waals surface area contributed by atoms with Gasteiger partial charge in [-0.05, 0) is 12.1 Å². The zero-order valence-corrected chi connectivity index (χ0v) is 13.2. The molecule has 0 aromatic heterocycles. The molecule has 0 heterocycles. The lowest BCUT2D eigenvalue weighted by molar-refractivity contribution is -0.385. The predicted molar refractivity (Wildman–Crippen MR) is 89.0 cm³/mol. The van der Waals surface area contributed by atoms with Crippen LogP contribution in [0, 0.1) is 10.1 Å². The van der Waals surface area contributed by atoms with Gasteiger partial charge in [-0.2, -0.15) is 5.10 Å². The quantitative estimate of drug-likeness (QED) is 0.507. The summed E-state index contributed by atoms with van der Waals surface area (Å²) in [6, 6.07) is 10.9. The van der Waals surface area contributed by atoms with Crippen LogP contribution in [-0.2, 0) is 11.2 Å². The van der Waals surface area contributed by atoms with E-state index in [1.165, 1.54) is 18.3 Å². The lowest BCUT2D eigenvalue weighted by atomic mass is 10.1. The molecule has 1 N–H and O–H groups in total. The summed E-state index contributed by atoms with van der Waals surface area (Å²) in [5.41, 5.74) is 3.10. The highest BCUT2D eigenvalue weighted by atomic mass is 35.5. The van der Waals surface area contributed by atoms with E-state index in [2.05, 4.69) is 10.5 Å². The van der Waals surface area contributed by atoms with Gasteiger partial charge in [0, 0.05) is 22.2 Å². The molecule has 6 nitrogen and oxygen atoms in total. The van der Waals surface area contributed by atoms with Crippen molar-refractivity contribution >= 4 is 41.0 Å². The highest BCUT2D eigenvalue weighted by Crippen LogP contribution is 2.19. The normalized spacial score (nSPS) is 10.7. The van der Waals surface area contributed by atoms with Gasteiger partial charge < -0.3 is 0 Å². The van der Waals surface area contributed by atoms with E-state index >= 15 is 0 Å². The fourth-order valence-electron chi connectivity index (χ4n) is 1.83. The molecule has 8 heteroatoms. The van der Waals surface area contributed by atoms with Gasteiger partial charge in [0.25, 0.3) is 5.69 Å². The summed E-state index contributed by atoms with van der Waals surface area (Å²) in [5, 5.41) is 15.6. The lowest BCUT2D eigenvalue weighted by Gasteiger charge is -2.02. The summed E-state index contributed by atoms with van der Waals surface area (Å²) in [6.45, 7) is 0. The molecule has 0 spiro atoms. The summed E-state index contributed by atoms with van der Waals surface area (Å²) in [7, 11) is 0. The number of para-hydroxylation sites is 1. The van der Waals surface area contributed by atoms with E-state index in [1.807, 2.05) is 0 Å². The monoisotopic (exact) mass is 351 g/mol. The third-order valence-electron chi connectivity index (χ3n) is 2.89. The van der Waals surface area contributed by atoms with Crippen LogP contribution in [-0.4, -0.2) is 17.0 Å². The fourth-order valence-corrected chi connectivity index (χ4v) is 2.29. The van der Waals surface area contributed by atoms with E-state index < -0.39 is 10.8 Å². The summed E-state index contributed by atoms with van der Waals surface area (Å²) >= 11 is 11.7. The number of amides is 1. The Hall–Kier alpha value is -2.44. The molecule has 23 heavy (non-hydrogen) atoms. The second-order valence-electron chi connectivity index (χ2n) is 4.52. The Kier molecular flexibility index (Phi) is 5.67. The number of carbonyl (C=O) groups is 1. The maximum absolute atomic E-state index is 11.8. The van der Waals surface area contributed by atoms with Crippen LogP contribution in [0.1, 0.15) is 11.1 Å². The maximum Gasteiger partial charge on any atom is 0.273 e. The van der Waals surface area contributed by atoms with E-state index in [1.54, 1.807) is 30.3 Å². The van der Waals surface area contributed by atoms with Crippen molar-refractivity contribution in [2.45, 2.75) is 6.42 Å². The van der Waals surface area contributed by atoms with Gasteiger partial charge in [-0.15, -0.1) is 0 Å². The van der Waals surface area contributed by atoms with E-state index in [4.69, 9.17) is 23.2 Å². The number of benzene rings is 2. The van der Waals surface area contributed by atoms with Gasteiger partial charge in [0.1, 0.15) is 0 Å². The number of hydrogen-bond acceptors (Lipinski definition) is 4. The van der Waals surface area contributed by atoms with Crippen molar-refractivity contribution in [1.29, 1.82) is 0 Å². The fraction of sp³-hybridized carbons (Fsp3) is 0.0667. The van der Waals surface area contributed by atoms with Gasteiger partial charge in [0.05, 0.1) is 22.6 Å². The van der Waals surface area contributed by atoms with Crippen LogP contribution in [0.15, 0.2) is 47.6 Å². The Morgan fingerprint density at radius 3 is 2.70 bits per heavy atom. The van der Waals surface area contributed by atoms with Gasteiger partial charge in [-0.3, -0.25) is 14.9 Å². The zero-order chi connectivity index (χ0) is 16.8. The molecular formula is C15H11Cl2N3O3. The van der Waals surface area contributed by atoms with Crippen molar-refractivity contribution in [3.8, 4) is 0 Å². The van der Waals surface area contributed by atoms with Crippen molar-refractivity contribution in [3.63, 3.8) is 0 Å². The van der Waals surface area contributed by atoms with Crippen molar-refractivity contribution in [2.24, 2.45) is 5.10 Å². The summed E-state index contributed by atoms with van der Waals surface area (Å²) in [5.74, 6) is -0.472. The average molecular weight is 352 g/mol. The molecule has 0 saturated carbocycles. The number of halogens is 2. The third kappa shape index (κ3) is 4.77. The number of rotatable bonds is 5. The Balaban J connectivity index is 2.00. The first-order chi connectivity index (χ1) is 11.0. The van der Waals surface area contributed by atoms with Gasteiger partial charge in [-0.25, -0.2) is 5.43 Å². The van der Waals surface area contributed by atoms with Crippen molar-refractivity contribution in [2.75, 3.05) is 0 Å². The molecule has 2 aromatic carbocycles. The Morgan fingerprint density at radius 1 is 1.26 bits per heavy atom. The number of nitrogens with one attached hydrogen (secondary N) is 1. The van der Waals surface area contributed by atoms with Crippen LogP contribution in [0.3, 0.4) is 0 Å². The molecule has 0 aliphatic heterocycles. The molecule has 2 rings (SSSR count). The summed E-state index contributed by atoms with van der Waals surface area (Å²) in [4.78, 5) is 22.2. The zero-order valence-electron chi connectivity index (χ0n) is 11.7. The Bertz CT molecular complexity index is 778. The van der Waals surface area contributed by atoms with Gasteiger partial charge >= 0.3 is 0 Å². The van der Waals surface area contributed by atoms with Crippen LogP contribution >= 0.6 is 23.2 Å². The number of nitro groups is 1. The predicted octanol–water partition coefficient (Wildman–Crippen LogP) is 3.59. The number of hydrazone groups is 1. The lowest BCUT2D eigenvalue weighted by Crippen LogP contribution is -2.20. The molecule has 0 aliphatic rings. The smallest absolute Gasteiger partial charge is 0.273 e. The Morgan fingerprint density at radius 2 is 2.00 bits per heavy atom. The molecule has 0 saturated heterocycles. The van der Waals surface area contributed by atoms with E-state index in [0.717, 1.165) is 0 Å². The Labute approximate surface area is 141 Å². The number of nitrogens with zero attached hydrogens (tertiary/aromatic N) is 2. The maximum atomic E-state index is 11.8. The van der Waals surface area contributed by atoms with Crippen molar-refractivity contribution < 1.29 is 9.72 Å². The minimum Gasteiger partial charge on any atom is -0.273 e. The standard InChI is InChI=1S/C15H11Cl2N3O3/c16-12-6-5-11(13(17)8-12)9-18-19-15(21)7-10-3-1-2-4-14(10)20(22)23/h1-6,8-9H,7H2,(H,19,21)/b18-9+. The van der Waals surface area contributed by atoms with Crippen molar-refractivity contribution in [1.82, 2.24) is 5.43 Å². The highest BCUT2D eigenvalue weighted by Gasteiger charge is 2.14. The van der Waals surface area contributed by atoms with Crippen LogP contribution in [0.5, 0.6) is 0 Å². The minimum absolute atomic E-state index is 0.104. The molecule has 118 valence electrons. The molecule has 1 amide bonds. The van der Waals surface area contributed by atoms with Crippen molar-refractivity contribution in [3.05, 3.63) is 73.8 Å². The van der Waals surface area contributed by atoms with Gasteiger partial charge in [0.15, 0.2) is 0 Å². The van der Waals surface area contributed by atoms with Crippen LogP contribution in [0.4, 0.5) is 5.69 Å². The molecule has 0 atom stereocenters. The van der Waals surface area contributed by atoms with Crippen LogP contribution in [0.25, 0.3) is 0 Å².